The number of ether oxygens (including phenoxy) is 5. The van der Waals surface area contributed by atoms with Crippen LogP contribution in [0.3, 0.4) is 0 Å². The van der Waals surface area contributed by atoms with Crippen LogP contribution < -0.4 is 19.9 Å². The van der Waals surface area contributed by atoms with Gasteiger partial charge in [-0.25, -0.2) is 9.59 Å². The molecule has 4 heterocycles. The monoisotopic (exact) mass is 829 g/mol. The number of aromatic hydroxyl groups is 1. The molecule has 5 amide bonds. The number of carbonyl (C=O) groups excluding carboxylic acids is 7. The van der Waals surface area contributed by atoms with Gasteiger partial charge < -0.3 is 34.1 Å². The molecule has 2 N–H and O–H groups in total. The molecule has 0 aromatic heterocycles. The van der Waals surface area contributed by atoms with Gasteiger partial charge in [-0.05, 0) is 113 Å². The predicted molar refractivity (Wildman–Crippen MR) is 212 cm³/mol. The lowest BCUT2D eigenvalue weighted by Gasteiger charge is -2.36. The van der Waals surface area contributed by atoms with Crippen molar-refractivity contribution in [3.8, 4) is 11.5 Å². The van der Waals surface area contributed by atoms with Gasteiger partial charge in [-0.15, -0.1) is 0 Å². The number of hydrogen-bond acceptors (Lipinski definition) is 13. The van der Waals surface area contributed by atoms with E-state index in [1.54, 1.807) is 20.8 Å². The molecule has 4 aliphatic heterocycles. The number of epoxide rings is 2. The first-order valence-corrected chi connectivity index (χ1v) is 20.4. The topological polar surface area (TPSA) is 211 Å². The Morgan fingerprint density at radius 3 is 2.17 bits per heavy atom. The lowest BCUT2D eigenvalue weighted by Crippen LogP contribution is -2.39. The molecule has 9 atom stereocenters. The molecule has 7 rings (SSSR count). The molecule has 16 nitrogen and oxygen atoms in total. The van der Waals surface area contributed by atoms with Crippen LogP contribution >= 0.6 is 0 Å². The van der Waals surface area contributed by atoms with Crippen molar-refractivity contribution in [2.75, 3.05) is 36.2 Å². The number of phenols is 1. The molecule has 60 heavy (non-hydrogen) atoms. The number of nitrogens with zero attached hydrogens (tertiary/aromatic N) is 2. The van der Waals surface area contributed by atoms with Gasteiger partial charge in [0.15, 0.2) is 0 Å². The van der Waals surface area contributed by atoms with Crippen molar-refractivity contribution in [2.45, 2.75) is 78.1 Å². The van der Waals surface area contributed by atoms with Crippen LogP contribution in [0.2, 0.25) is 0 Å². The molecule has 5 fully saturated rings. The van der Waals surface area contributed by atoms with Gasteiger partial charge >= 0.3 is 18.0 Å². The van der Waals surface area contributed by atoms with Crippen LogP contribution in [-0.2, 0) is 47.7 Å². The molecule has 2 aromatic carbocycles. The Balaban J connectivity index is 1.16. The number of benzene rings is 2. The second-order valence-corrected chi connectivity index (χ2v) is 17.1. The third-order valence-electron chi connectivity index (χ3n) is 12.3. The van der Waals surface area contributed by atoms with Gasteiger partial charge in [-0.1, -0.05) is 13.5 Å². The summed E-state index contributed by atoms with van der Waals surface area (Å²) in [6, 6.07) is 11.3. The van der Waals surface area contributed by atoms with Crippen molar-refractivity contribution >= 4 is 53.0 Å². The third kappa shape index (κ3) is 9.09. The number of imide groups is 2. The highest BCUT2D eigenvalue weighted by Crippen LogP contribution is 2.51. The zero-order valence-corrected chi connectivity index (χ0v) is 34.1. The molecule has 0 radical (unpaired) electrons. The van der Waals surface area contributed by atoms with Gasteiger partial charge in [0.25, 0.3) is 0 Å². The average molecular weight is 830 g/mol. The van der Waals surface area contributed by atoms with Gasteiger partial charge in [0.1, 0.15) is 30.8 Å². The average Bonchev–Trinajstić information content (AvgIpc) is 4.15. The second kappa shape index (κ2) is 17.2. The zero-order valence-electron chi connectivity index (χ0n) is 34.1. The molecule has 1 saturated carbocycles. The molecule has 9 unspecified atom stereocenters. The van der Waals surface area contributed by atoms with Crippen LogP contribution in [-0.4, -0.2) is 91.4 Å². The minimum atomic E-state index is -1.23. The van der Waals surface area contributed by atoms with Gasteiger partial charge in [-0.3, -0.25) is 33.8 Å². The van der Waals surface area contributed by atoms with E-state index in [9.17, 15) is 38.7 Å². The lowest BCUT2D eigenvalue weighted by molar-refractivity contribution is -0.156. The number of amides is 5. The summed E-state index contributed by atoms with van der Waals surface area (Å²) in [5, 5.41) is 12.4. The van der Waals surface area contributed by atoms with Crippen LogP contribution in [0.15, 0.2) is 60.7 Å². The van der Waals surface area contributed by atoms with E-state index in [1.165, 1.54) is 55.5 Å². The quantitative estimate of drug-likeness (QED) is 0.0788. The number of esters is 2. The van der Waals surface area contributed by atoms with Crippen molar-refractivity contribution in [3.63, 3.8) is 0 Å². The van der Waals surface area contributed by atoms with Crippen LogP contribution in [0, 0.1) is 40.9 Å². The Morgan fingerprint density at radius 1 is 0.900 bits per heavy atom. The van der Waals surface area contributed by atoms with E-state index in [4.69, 9.17) is 23.7 Å². The Morgan fingerprint density at radius 2 is 1.53 bits per heavy atom. The molecule has 1 aliphatic carbocycles. The highest BCUT2D eigenvalue weighted by atomic mass is 16.6. The zero-order chi connectivity index (χ0) is 43.0. The smallest absolute Gasteiger partial charge is 0.412 e. The van der Waals surface area contributed by atoms with E-state index in [1.807, 2.05) is 0 Å². The normalized spacial score (nSPS) is 27.6. The van der Waals surface area contributed by atoms with Crippen molar-refractivity contribution in [2.24, 2.45) is 40.9 Å². The number of carbonyl (C=O) groups is 7. The van der Waals surface area contributed by atoms with Gasteiger partial charge in [0, 0.05) is 11.5 Å². The first-order valence-electron chi connectivity index (χ1n) is 20.4. The molecule has 4 saturated heterocycles. The summed E-state index contributed by atoms with van der Waals surface area (Å²) in [5.74, 6) is -8.00. The fourth-order valence-corrected chi connectivity index (χ4v) is 8.93. The van der Waals surface area contributed by atoms with Crippen LogP contribution in [0.25, 0.3) is 0 Å². The summed E-state index contributed by atoms with van der Waals surface area (Å²) in [6.45, 7) is 10.7. The number of nitrogens with one attached hydrogen (secondary N) is 1. The van der Waals surface area contributed by atoms with E-state index >= 15 is 0 Å². The summed E-state index contributed by atoms with van der Waals surface area (Å²) in [6.07, 6.45) is 2.15. The van der Waals surface area contributed by atoms with Crippen molar-refractivity contribution < 1.29 is 62.4 Å². The Kier molecular flexibility index (Phi) is 12.2. The highest BCUT2D eigenvalue weighted by Gasteiger charge is 2.60. The van der Waals surface area contributed by atoms with Crippen molar-refractivity contribution in [1.82, 2.24) is 5.32 Å². The number of anilines is 2. The molecule has 5 aliphatic rings. The third-order valence-corrected chi connectivity index (χ3v) is 12.3. The maximum Gasteiger partial charge on any atom is 0.412 e. The first kappa shape index (κ1) is 42.5. The number of fused-ring (bicyclic) bond motifs is 1. The van der Waals surface area contributed by atoms with E-state index in [-0.39, 0.29) is 84.8 Å². The maximum absolute atomic E-state index is 14.8. The fourth-order valence-electron chi connectivity index (χ4n) is 8.93. The number of phenolic OH excluding ortho intramolecular Hbond substituents is 1. The number of hydrogen-bond donors (Lipinski definition) is 2. The highest BCUT2D eigenvalue weighted by molar-refractivity contribution is 6.27. The summed E-state index contributed by atoms with van der Waals surface area (Å²) < 4.78 is 27.0. The summed E-state index contributed by atoms with van der Waals surface area (Å²) >= 11 is 0. The van der Waals surface area contributed by atoms with Crippen LogP contribution in [0.5, 0.6) is 11.5 Å². The Bertz CT molecular complexity index is 2050. The summed E-state index contributed by atoms with van der Waals surface area (Å²) in [5.41, 5.74) is -0.353. The molecule has 0 bridgehead atoms. The molecular weight excluding hydrogens is 778 g/mol. The largest absolute Gasteiger partial charge is 0.508 e. The van der Waals surface area contributed by atoms with Gasteiger partial charge in [0.2, 0.25) is 23.6 Å². The predicted octanol–water partition coefficient (Wildman–Crippen LogP) is 4.46. The SMILES string of the molecule is C=C(C)C(=O)OCCNC(=O)Oc1ccc(N2C(=O)C(CC(CC(C)(C)C(=O)OCC3CO3)C3CCC4OC4C3)C(C3C(=O)N(c4ccc(O)cc4)C(=O)C3C)C2=O)cc1. The molecule has 16 heteroatoms. The maximum atomic E-state index is 14.8. The lowest BCUT2D eigenvalue weighted by atomic mass is 9.67. The molecular formula is C44H51N3O13. The molecule has 320 valence electrons. The minimum absolute atomic E-state index is 0.0234. The van der Waals surface area contributed by atoms with E-state index in [0.717, 1.165) is 29.1 Å². The first-order chi connectivity index (χ1) is 28.5. The van der Waals surface area contributed by atoms with E-state index in [0.29, 0.717) is 13.0 Å². The second-order valence-electron chi connectivity index (χ2n) is 17.1. The molecule has 0 spiro atoms. The van der Waals surface area contributed by atoms with E-state index < -0.39 is 70.7 Å². The Hall–Kier alpha value is -5.61. The van der Waals surface area contributed by atoms with Gasteiger partial charge in [0.05, 0.1) is 59.9 Å². The minimum Gasteiger partial charge on any atom is -0.508 e. The standard InChI is InChI=1S/C44H51N3O13/c1-23(2)41(53)56-17-16-45-43(55)59-30-13-9-28(10-14-30)47-38(50)32(36(40(47)52)35-24(3)37(49)46(39(35)51)27-7-11-29(48)12-8-27)18-26(25-6-15-33-34(19-25)60-33)20-44(4,5)42(54)58-22-31-21-57-31/h7-14,24-26,31-36,48H,1,6,15-22H2,2-5H3,(H,45,55). The van der Waals surface area contributed by atoms with Gasteiger partial charge in [-0.2, -0.15) is 0 Å². The fraction of sp³-hybridized carbons (Fsp3) is 0.523. The van der Waals surface area contributed by atoms with Crippen LogP contribution in [0.4, 0.5) is 16.2 Å². The van der Waals surface area contributed by atoms with Crippen molar-refractivity contribution in [1.29, 1.82) is 0 Å². The summed E-state index contributed by atoms with van der Waals surface area (Å²) in [4.78, 5) is 97.5. The van der Waals surface area contributed by atoms with Crippen LogP contribution in [0.1, 0.15) is 59.8 Å². The summed E-state index contributed by atoms with van der Waals surface area (Å²) in [7, 11) is 0. The molecule has 2 aromatic rings. The van der Waals surface area contributed by atoms with Crippen molar-refractivity contribution in [3.05, 3.63) is 60.7 Å². The van der Waals surface area contributed by atoms with E-state index in [2.05, 4.69) is 11.9 Å². The number of rotatable bonds is 16. The Labute approximate surface area is 347 Å².